The maximum absolute atomic E-state index is 12.1. The molecule has 0 fully saturated rings. The van der Waals surface area contributed by atoms with Crippen LogP contribution in [0.5, 0.6) is 0 Å². The van der Waals surface area contributed by atoms with E-state index in [1.807, 2.05) is 5.59 Å². The van der Waals surface area contributed by atoms with Crippen molar-refractivity contribution in [3.05, 3.63) is 5.21 Å². The Morgan fingerprint density at radius 3 is 1.25 bits per heavy atom. The minimum absolute atomic E-state index is 0.590. The summed E-state index contributed by atoms with van der Waals surface area (Å²) in [5.41, 5.74) is 0.660. The van der Waals surface area contributed by atoms with Gasteiger partial charge in [-0.05, 0) is 47.1 Å². The molecule has 4 nitrogen and oxygen atoms in total. The Bertz CT molecular complexity index is 141. The van der Waals surface area contributed by atoms with E-state index in [0.29, 0.717) is 0 Å². The molecule has 0 unspecified atom stereocenters. The number of quaternary nitrogens is 1. The average molecular weight is 176 g/mol. The lowest BCUT2D eigenvalue weighted by Crippen LogP contribution is -2.71. The highest BCUT2D eigenvalue weighted by atomic mass is 16.7. The zero-order chi connectivity index (χ0) is 10.2. The molecule has 0 aromatic rings. The highest BCUT2D eigenvalue weighted by molar-refractivity contribution is 4.71. The standard InChI is InChI=1S/C8H20N2O2/c1-7(2,3)10(12,9-11)8(4,5)6/h9,11H,1-6H3. The first-order valence-corrected chi connectivity index (χ1v) is 4.08. The summed E-state index contributed by atoms with van der Waals surface area (Å²) in [5, 5.41) is 21.0. The lowest BCUT2D eigenvalue weighted by atomic mass is 9.98. The Kier molecular flexibility index (Phi) is 2.92. The van der Waals surface area contributed by atoms with Gasteiger partial charge in [0.05, 0.1) is 0 Å². The van der Waals surface area contributed by atoms with E-state index < -0.39 is 15.8 Å². The molecule has 0 amide bonds. The van der Waals surface area contributed by atoms with Gasteiger partial charge in [0.1, 0.15) is 11.1 Å². The van der Waals surface area contributed by atoms with Crippen LogP contribution >= 0.6 is 0 Å². The molecule has 0 atom stereocenters. The molecule has 0 aliphatic carbocycles. The maximum Gasteiger partial charge on any atom is 0.110 e. The second kappa shape index (κ2) is 2.96. The van der Waals surface area contributed by atoms with Crippen molar-refractivity contribution in [1.82, 2.24) is 5.59 Å². The van der Waals surface area contributed by atoms with Crippen LogP contribution in [0, 0.1) is 5.21 Å². The molecule has 0 radical (unpaired) electrons. The van der Waals surface area contributed by atoms with E-state index in [9.17, 15) is 5.21 Å². The summed E-state index contributed by atoms with van der Waals surface area (Å²) in [6.07, 6.45) is 0. The second-order valence-electron chi connectivity index (χ2n) is 5.05. The number of hydroxylamine groups is 2. The van der Waals surface area contributed by atoms with Gasteiger partial charge >= 0.3 is 0 Å². The third kappa shape index (κ3) is 1.77. The van der Waals surface area contributed by atoms with Crippen LogP contribution in [-0.2, 0) is 0 Å². The fraction of sp³-hybridized carbons (Fsp3) is 1.00. The number of nitrogens with one attached hydrogen (secondary N) is 1. The Hall–Kier alpha value is -0.160. The van der Waals surface area contributed by atoms with Crippen molar-refractivity contribution >= 4 is 0 Å². The zero-order valence-electron chi connectivity index (χ0n) is 8.80. The highest BCUT2D eigenvalue weighted by Gasteiger charge is 2.43. The molecule has 0 aromatic heterocycles. The van der Waals surface area contributed by atoms with Crippen LogP contribution in [0.25, 0.3) is 0 Å². The first-order valence-electron chi connectivity index (χ1n) is 4.08. The summed E-state index contributed by atoms with van der Waals surface area (Å²) in [4.78, 5) is 0. The van der Waals surface area contributed by atoms with Crippen molar-refractivity contribution in [3.8, 4) is 0 Å². The molecule has 0 bridgehead atoms. The normalized spacial score (nSPS) is 15.0. The van der Waals surface area contributed by atoms with Gasteiger partial charge in [-0.3, -0.25) is 5.21 Å². The predicted octanol–water partition coefficient (Wildman–Crippen LogP) is 1.79. The van der Waals surface area contributed by atoms with Gasteiger partial charge in [0.15, 0.2) is 0 Å². The molecule has 0 spiro atoms. The molecule has 2 N–H and O–H groups in total. The first-order chi connectivity index (χ1) is 5.06. The van der Waals surface area contributed by atoms with E-state index in [4.69, 9.17) is 5.21 Å². The van der Waals surface area contributed by atoms with Crippen molar-refractivity contribution in [2.75, 3.05) is 0 Å². The van der Waals surface area contributed by atoms with Gasteiger partial charge in [-0.1, -0.05) is 0 Å². The smallest absolute Gasteiger partial charge is 0.110 e. The molecule has 74 valence electrons. The summed E-state index contributed by atoms with van der Waals surface area (Å²) in [6, 6.07) is 0. The number of hydrogen-bond donors (Lipinski definition) is 2. The van der Waals surface area contributed by atoms with Crippen LogP contribution in [0.3, 0.4) is 0 Å². The van der Waals surface area contributed by atoms with Crippen molar-refractivity contribution in [2.24, 2.45) is 0 Å². The van der Waals surface area contributed by atoms with Crippen molar-refractivity contribution in [2.45, 2.75) is 52.6 Å². The number of nitrogens with zero attached hydrogens (tertiary/aromatic N) is 1. The fourth-order valence-corrected chi connectivity index (χ4v) is 1.31. The van der Waals surface area contributed by atoms with Crippen LogP contribution in [0.15, 0.2) is 0 Å². The van der Waals surface area contributed by atoms with Crippen LogP contribution < -0.4 is 5.59 Å². The molecule has 0 saturated heterocycles. The van der Waals surface area contributed by atoms with Gasteiger partial charge in [-0.15, -0.1) is 0 Å². The summed E-state index contributed by atoms with van der Waals surface area (Å²) in [6.45, 7) is 10.7. The second-order valence-corrected chi connectivity index (χ2v) is 5.05. The number of hydrogen-bond acceptors (Lipinski definition) is 3. The summed E-state index contributed by atoms with van der Waals surface area (Å²) < 4.78 is -0.833. The van der Waals surface area contributed by atoms with Gasteiger partial charge in [-0.25, -0.2) is 4.76 Å². The molecular weight excluding hydrogens is 156 g/mol. The summed E-state index contributed by atoms with van der Waals surface area (Å²) in [7, 11) is 0. The van der Waals surface area contributed by atoms with Crippen molar-refractivity contribution in [1.29, 1.82) is 0 Å². The summed E-state index contributed by atoms with van der Waals surface area (Å²) in [5.74, 6) is 0. The van der Waals surface area contributed by atoms with Gasteiger partial charge in [-0.2, -0.15) is 0 Å². The zero-order valence-corrected chi connectivity index (χ0v) is 8.80. The monoisotopic (exact) mass is 176 g/mol. The molecule has 0 rings (SSSR count). The molecule has 0 aromatic carbocycles. The van der Waals surface area contributed by atoms with E-state index >= 15 is 0 Å². The van der Waals surface area contributed by atoms with E-state index in [1.165, 1.54) is 0 Å². The minimum Gasteiger partial charge on any atom is -0.609 e. The van der Waals surface area contributed by atoms with E-state index in [2.05, 4.69) is 0 Å². The van der Waals surface area contributed by atoms with Crippen LogP contribution in [0.4, 0.5) is 0 Å². The predicted molar refractivity (Wildman–Crippen MR) is 48.1 cm³/mol. The molecule has 0 heterocycles. The molecule has 12 heavy (non-hydrogen) atoms. The SMILES string of the molecule is CC(C)(C)[N+]([O-])(NO)C(C)(C)C. The van der Waals surface area contributed by atoms with Crippen molar-refractivity contribution < 1.29 is 9.96 Å². The highest BCUT2D eigenvalue weighted by Crippen LogP contribution is 2.30. The quantitative estimate of drug-likeness (QED) is 0.473. The Morgan fingerprint density at radius 1 is 1.00 bits per heavy atom. The Labute approximate surface area is 74.3 Å². The van der Waals surface area contributed by atoms with Crippen molar-refractivity contribution in [3.63, 3.8) is 0 Å². The maximum atomic E-state index is 12.1. The van der Waals surface area contributed by atoms with Crippen LogP contribution in [0.1, 0.15) is 41.5 Å². The minimum atomic E-state index is -0.833. The van der Waals surface area contributed by atoms with Crippen LogP contribution in [0.2, 0.25) is 0 Å². The first kappa shape index (κ1) is 11.8. The third-order valence-corrected chi connectivity index (χ3v) is 2.03. The van der Waals surface area contributed by atoms with E-state index in [0.717, 1.165) is 0 Å². The Balaban J connectivity index is 4.95. The van der Waals surface area contributed by atoms with Crippen LogP contribution in [-0.4, -0.2) is 21.0 Å². The topological polar surface area (TPSA) is 55.3 Å². The third-order valence-electron chi connectivity index (χ3n) is 2.03. The lowest BCUT2D eigenvalue weighted by Gasteiger charge is -2.57. The molecule has 0 saturated carbocycles. The molecular formula is C8H20N2O2. The summed E-state index contributed by atoms with van der Waals surface area (Å²) >= 11 is 0. The average Bonchev–Trinajstić information content (AvgIpc) is 1.81. The number of rotatable bonds is 1. The van der Waals surface area contributed by atoms with Gasteiger partial charge in [0.25, 0.3) is 0 Å². The van der Waals surface area contributed by atoms with Gasteiger partial charge in [0, 0.05) is 0 Å². The fourth-order valence-electron chi connectivity index (χ4n) is 1.31. The Morgan fingerprint density at radius 2 is 1.25 bits per heavy atom. The van der Waals surface area contributed by atoms with Gasteiger partial charge in [0.2, 0.25) is 0 Å². The van der Waals surface area contributed by atoms with Gasteiger partial charge < -0.3 is 5.21 Å². The molecule has 0 aliphatic heterocycles. The lowest BCUT2D eigenvalue weighted by molar-refractivity contribution is -1.03. The van der Waals surface area contributed by atoms with E-state index in [1.54, 1.807) is 41.5 Å². The van der Waals surface area contributed by atoms with E-state index in [-0.39, 0.29) is 0 Å². The molecule has 4 heteroatoms. The molecule has 0 aliphatic rings. The largest absolute Gasteiger partial charge is 0.609 e.